The molecule has 0 bridgehead atoms. The van der Waals surface area contributed by atoms with Gasteiger partial charge < -0.3 is 11.5 Å². The molecule has 5 heteroatoms. The number of hydrogen-bond acceptors (Lipinski definition) is 1. The van der Waals surface area contributed by atoms with Gasteiger partial charge in [-0.25, -0.2) is 0 Å². The van der Waals surface area contributed by atoms with Crippen LogP contribution in [0.1, 0.15) is 0 Å². The van der Waals surface area contributed by atoms with Crippen LogP contribution in [0.2, 0.25) is 0 Å². The molecule has 0 aromatic heterocycles. The van der Waals surface area contributed by atoms with Crippen LogP contribution < -0.4 is 11.5 Å². The normalized spacial score (nSPS) is 7.57. The van der Waals surface area contributed by atoms with Gasteiger partial charge in [-0.3, -0.25) is 0 Å². The van der Waals surface area contributed by atoms with Crippen LogP contribution in [0.4, 0.5) is 0 Å². The lowest BCUT2D eigenvalue weighted by Gasteiger charge is -1.83. The van der Waals surface area contributed by atoms with E-state index in [4.69, 9.17) is 11.5 Å². The fourth-order valence-corrected chi connectivity index (χ4v) is 0.331. The second-order valence-corrected chi connectivity index (χ2v) is 1.93. The van der Waals surface area contributed by atoms with Crippen LogP contribution in [0.15, 0.2) is 4.99 Å². The molecule has 7 heavy (non-hydrogen) atoms. The van der Waals surface area contributed by atoms with Crippen molar-refractivity contribution in [1.82, 2.24) is 0 Å². The fourth-order valence-electron chi connectivity index (χ4n) is 0.110. The largest absolute Gasteiger partial charge is 0.370 e. The Morgan fingerprint density at radius 3 is 2.00 bits per heavy atom. The molecule has 0 saturated heterocycles. The molecule has 0 fully saturated rings. The molecular formula is C2H5N3S2. The highest BCUT2D eigenvalue weighted by Gasteiger charge is 1.78. The molecule has 0 spiro atoms. The van der Waals surface area contributed by atoms with Crippen molar-refractivity contribution < 1.29 is 0 Å². The first-order valence-electron chi connectivity index (χ1n) is 1.45. The number of nitrogens with zero attached hydrogens (tertiary/aromatic N) is 1. The van der Waals surface area contributed by atoms with Gasteiger partial charge in [0.1, 0.15) is 0 Å². The van der Waals surface area contributed by atoms with Gasteiger partial charge in [0.25, 0.3) is 0 Å². The molecule has 4 N–H and O–H groups in total. The van der Waals surface area contributed by atoms with E-state index in [1.54, 1.807) is 0 Å². The van der Waals surface area contributed by atoms with E-state index in [-0.39, 0.29) is 10.3 Å². The predicted molar refractivity (Wildman–Crippen MR) is 37.4 cm³/mol. The van der Waals surface area contributed by atoms with Gasteiger partial charge in [-0.15, -0.1) is 12.6 Å². The first-order valence-corrected chi connectivity index (χ1v) is 2.31. The Labute approximate surface area is 52.2 Å². The number of nitrogens with two attached hydrogens (primary N) is 2. The maximum absolute atomic E-state index is 4.88. The quantitative estimate of drug-likeness (QED) is 0.181. The van der Waals surface area contributed by atoms with Gasteiger partial charge in [0, 0.05) is 0 Å². The van der Waals surface area contributed by atoms with Gasteiger partial charge in [0.05, 0.1) is 0 Å². The maximum Gasteiger partial charge on any atom is 0.192 e. The minimum atomic E-state index is -0.0556. The fraction of sp³-hybridized carbons (Fsp3) is 0. The standard InChI is InChI=1S/C2H5N3S2/c3-1(4)5-2(6)7/h(H5,3,4,5,6,7). The summed E-state index contributed by atoms with van der Waals surface area (Å²) in [5.41, 5.74) is 9.77. The third-order valence-electron chi connectivity index (χ3n) is 0.225. The van der Waals surface area contributed by atoms with Crippen LogP contribution >= 0.6 is 24.8 Å². The van der Waals surface area contributed by atoms with E-state index in [0.29, 0.717) is 0 Å². The Hall–Kier alpha value is -0.290. The summed E-state index contributed by atoms with van der Waals surface area (Å²) >= 11 is 8.01. The van der Waals surface area contributed by atoms with E-state index in [1.165, 1.54) is 0 Å². The van der Waals surface area contributed by atoms with Crippen molar-refractivity contribution in [2.24, 2.45) is 16.5 Å². The number of thiocarbonyl (C=S) groups is 1. The topological polar surface area (TPSA) is 64.4 Å². The van der Waals surface area contributed by atoms with E-state index in [0.717, 1.165) is 0 Å². The molecule has 0 aromatic carbocycles. The summed E-state index contributed by atoms with van der Waals surface area (Å²) in [5.74, 6) is -0.0556. The zero-order chi connectivity index (χ0) is 5.86. The lowest BCUT2D eigenvalue weighted by molar-refractivity contribution is 1.51. The van der Waals surface area contributed by atoms with Gasteiger partial charge in [0.15, 0.2) is 10.3 Å². The van der Waals surface area contributed by atoms with Gasteiger partial charge in [-0.1, -0.05) is 12.2 Å². The van der Waals surface area contributed by atoms with E-state index < -0.39 is 0 Å². The van der Waals surface area contributed by atoms with Crippen molar-refractivity contribution in [3.63, 3.8) is 0 Å². The highest BCUT2D eigenvalue weighted by molar-refractivity contribution is 8.11. The van der Waals surface area contributed by atoms with Crippen molar-refractivity contribution >= 4 is 35.1 Å². The Morgan fingerprint density at radius 2 is 2.00 bits per heavy atom. The molecule has 0 aliphatic carbocycles. The van der Waals surface area contributed by atoms with Crippen molar-refractivity contribution in [1.29, 1.82) is 0 Å². The Morgan fingerprint density at radius 1 is 1.57 bits per heavy atom. The first kappa shape index (κ1) is 6.71. The number of thiol groups is 1. The smallest absolute Gasteiger partial charge is 0.192 e. The molecule has 0 saturated carbocycles. The van der Waals surface area contributed by atoms with Crippen LogP contribution in [0.3, 0.4) is 0 Å². The van der Waals surface area contributed by atoms with Crippen molar-refractivity contribution in [3.8, 4) is 0 Å². The highest BCUT2D eigenvalue weighted by Crippen LogP contribution is 1.81. The zero-order valence-corrected chi connectivity index (χ0v) is 5.17. The zero-order valence-electron chi connectivity index (χ0n) is 3.46. The molecule has 0 atom stereocenters. The maximum atomic E-state index is 4.88. The first-order chi connectivity index (χ1) is 3.13. The second kappa shape index (κ2) is 2.81. The van der Waals surface area contributed by atoms with Gasteiger partial charge in [-0.05, 0) is 0 Å². The van der Waals surface area contributed by atoms with Gasteiger partial charge in [-0.2, -0.15) is 4.99 Å². The van der Waals surface area contributed by atoms with E-state index in [2.05, 4.69) is 29.8 Å². The monoisotopic (exact) mass is 135 g/mol. The number of guanidine groups is 1. The number of aliphatic imine (C=N–C) groups is 1. The van der Waals surface area contributed by atoms with Crippen LogP contribution in [-0.2, 0) is 0 Å². The average molecular weight is 135 g/mol. The molecule has 0 aliphatic heterocycles. The molecule has 0 unspecified atom stereocenters. The number of rotatable bonds is 0. The van der Waals surface area contributed by atoms with Crippen molar-refractivity contribution in [2.45, 2.75) is 0 Å². The van der Waals surface area contributed by atoms with E-state index in [9.17, 15) is 0 Å². The molecule has 40 valence electrons. The highest BCUT2D eigenvalue weighted by atomic mass is 32.1. The summed E-state index contributed by atoms with van der Waals surface area (Å²) in [7, 11) is 0. The molecular weight excluding hydrogens is 130 g/mol. The molecule has 3 nitrogen and oxygen atoms in total. The van der Waals surface area contributed by atoms with E-state index in [1.807, 2.05) is 0 Å². The Bertz CT molecular complexity index is 104. The SMILES string of the molecule is NC(N)=NC(=S)S. The molecule has 0 amide bonds. The number of hydrogen-bond donors (Lipinski definition) is 3. The molecule has 0 aromatic rings. The predicted octanol–water partition coefficient (Wildman–Crippen LogP) is -0.525. The summed E-state index contributed by atoms with van der Waals surface area (Å²) in [5, 5.41) is 0. The van der Waals surface area contributed by atoms with Crippen molar-refractivity contribution in [3.05, 3.63) is 0 Å². The average Bonchev–Trinajstić information content (AvgIpc) is 1.27. The summed E-state index contributed by atoms with van der Waals surface area (Å²) in [6.45, 7) is 0. The minimum absolute atomic E-state index is 0.0556. The molecule has 0 heterocycles. The lowest BCUT2D eigenvalue weighted by atomic mass is 11.1. The summed E-state index contributed by atoms with van der Waals surface area (Å²) in [4.78, 5) is 3.35. The van der Waals surface area contributed by atoms with Crippen LogP contribution in [0.25, 0.3) is 0 Å². The van der Waals surface area contributed by atoms with Crippen molar-refractivity contribution in [2.75, 3.05) is 0 Å². The molecule has 0 aliphatic rings. The molecule has 0 rings (SSSR count). The third kappa shape index (κ3) is 5.71. The third-order valence-corrected chi connectivity index (χ3v) is 0.416. The van der Waals surface area contributed by atoms with E-state index >= 15 is 0 Å². The second-order valence-electron chi connectivity index (χ2n) is 0.819. The van der Waals surface area contributed by atoms with Crippen LogP contribution in [0, 0.1) is 0 Å². The summed E-state index contributed by atoms with van der Waals surface area (Å²) in [6.07, 6.45) is 0. The summed E-state index contributed by atoms with van der Waals surface area (Å²) in [6, 6.07) is 0. The van der Waals surface area contributed by atoms with Gasteiger partial charge in [0.2, 0.25) is 0 Å². The Kier molecular flexibility index (Phi) is 2.70. The Balaban J connectivity index is 3.68. The van der Waals surface area contributed by atoms with Gasteiger partial charge >= 0.3 is 0 Å². The molecule has 0 radical (unpaired) electrons. The van der Waals surface area contributed by atoms with Crippen LogP contribution in [0.5, 0.6) is 0 Å². The minimum Gasteiger partial charge on any atom is -0.370 e. The van der Waals surface area contributed by atoms with Crippen LogP contribution in [-0.4, -0.2) is 10.3 Å². The lowest BCUT2D eigenvalue weighted by Crippen LogP contribution is -2.23. The summed E-state index contributed by atoms with van der Waals surface area (Å²) < 4.78 is 0.153.